The van der Waals surface area contributed by atoms with Crippen LogP contribution in [0.3, 0.4) is 0 Å². The molecule has 1 heterocycles. The minimum absolute atomic E-state index is 0.0934. The maximum atomic E-state index is 12.4. The molecular formula is C25H26ClN3O7. The maximum absolute atomic E-state index is 12.4. The zero-order valence-electron chi connectivity index (χ0n) is 19.8. The van der Waals surface area contributed by atoms with Gasteiger partial charge >= 0.3 is 11.9 Å². The molecule has 11 heteroatoms. The van der Waals surface area contributed by atoms with Crippen LogP contribution >= 0.6 is 11.6 Å². The van der Waals surface area contributed by atoms with Gasteiger partial charge in [0.05, 0.1) is 35.2 Å². The molecule has 1 atom stereocenters. The third-order valence-corrected chi connectivity index (χ3v) is 5.44. The van der Waals surface area contributed by atoms with Crippen LogP contribution in [0.1, 0.15) is 41.0 Å². The van der Waals surface area contributed by atoms with Gasteiger partial charge in [0, 0.05) is 12.1 Å². The molecule has 190 valence electrons. The number of carbonyl (C=O) groups is 5. The molecule has 0 aromatic heterocycles. The molecule has 0 saturated carbocycles. The second-order valence-corrected chi connectivity index (χ2v) is 8.96. The number of hydrogen-bond donors (Lipinski definition) is 2. The summed E-state index contributed by atoms with van der Waals surface area (Å²) >= 11 is 6.00. The highest BCUT2D eigenvalue weighted by Crippen LogP contribution is 2.20. The van der Waals surface area contributed by atoms with Gasteiger partial charge in [-0.05, 0) is 42.3 Å². The fraction of sp³-hybridized carbons (Fsp3) is 0.320. The first kappa shape index (κ1) is 26.7. The smallest absolute Gasteiger partial charge is 0.338 e. The Morgan fingerprint density at radius 2 is 1.75 bits per heavy atom. The molecule has 0 radical (unpaired) electrons. The quantitative estimate of drug-likeness (QED) is 0.491. The summed E-state index contributed by atoms with van der Waals surface area (Å²) in [7, 11) is 0. The molecule has 10 nitrogen and oxygen atoms in total. The van der Waals surface area contributed by atoms with Gasteiger partial charge in [-0.25, -0.2) is 4.79 Å². The van der Waals surface area contributed by atoms with E-state index < -0.39 is 42.2 Å². The zero-order chi connectivity index (χ0) is 26.2. The van der Waals surface area contributed by atoms with E-state index in [0.717, 1.165) is 5.01 Å². The molecule has 0 aliphatic carbocycles. The number of benzene rings is 2. The van der Waals surface area contributed by atoms with E-state index >= 15 is 0 Å². The van der Waals surface area contributed by atoms with Gasteiger partial charge < -0.3 is 14.8 Å². The largest absolute Gasteiger partial charge is 0.462 e. The van der Waals surface area contributed by atoms with Crippen molar-refractivity contribution in [2.24, 2.45) is 11.8 Å². The summed E-state index contributed by atoms with van der Waals surface area (Å²) in [6.07, 6.45) is -0.169. The van der Waals surface area contributed by atoms with Crippen molar-refractivity contribution in [3.05, 3.63) is 64.7 Å². The molecule has 2 aromatic carbocycles. The first-order valence-corrected chi connectivity index (χ1v) is 11.6. The maximum Gasteiger partial charge on any atom is 0.338 e. The molecular weight excluding hydrogens is 490 g/mol. The fourth-order valence-corrected chi connectivity index (χ4v) is 3.49. The number of hydrogen-bond acceptors (Lipinski definition) is 7. The number of anilines is 1. The van der Waals surface area contributed by atoms with Gasteiger partial charge in [-0.15, -0.1) is 0 Å². The summed E-state index contributed by atoms with van der Waals surface area (Å²) in [6.45, 7) is 3.51. The van der Waals surface area contributed by atoms with E-state index in [9.17, 15) is 24.0 Å². The van der Waals surface area contributed by atoms with Crippen molar-refractivity contribution in [3.63, 3.8) is 0 Å². The van der Waals surface area contributed by atoms with Gasteiger partial charge in [0.15, 0.2) is 6.61 Å². The van der Waals surface area contributed by atoms with E-state index in [1.165, 1.54) is 30.3 Å². The summed E-state index contributed by atoms with van der Waals surface area (Å²) in [4.78, 5) is 61.1. The number of amides is 3. The molecule has 0 spiro atoms. The summed E-state index contributed by atoms with van der Waals surface area (Å²) in [5, 5.41) is 3.82. The lowest BCUT2D eigenvalue weighted by atomic mass is 10.1. The Bertz CT molecular complexity index is 1150. The molecule has 1 aliphatic heterocycles. The van der Waals surface area contributed by atoms with Gasteiger partial charge in [0.25, 0.3) is 11.8 Å². The van der Waals surface area contributed by atoms with Gasteiger partial charge in [-0.3, -0.25) is 29.6 Å². The Morgan fingerprint density at radius 3 is 2.42 bits per heavy atom. The van der Waals surface area contributed by atoms with Crippen LogP contribution in [0, 0.1) is 11.8 Å². The summed E-state index contributed by atoms with van der Waals surface area (Å²) in [5.41, 5.74) is 3.37. The predicted molar refractivity (Wildman–Crippen MR) is 130 cm³/mol. The molecule has 0 bridgehead atoms. The lowest BCUT2D eigenvalue weighted by Crippen LogP contribution is -2.43. The zero-order valence-corrected chi connectivity index (χ0v) is 20.5. The number of esters is 2. The standard InChI is InChI=1S/C25H26ClN3O7/c1-15(2)13-35-24(33)16-7-9-18(10-8-16)27-21(30)14-36-25(34)17-11-22(31)29(12-17)28-23(32)19-5-3-4-6-20(19)26/h3-10,15,17H,11-14H2,1-2H3,(H,27,30)(H,28,32)/t17-/m0/s1. The normalized spacial score (nSPS) is 14.9. The summed E-state index contributed by atoms with van der Waals surface area (Å²) < 4.78 is 10.2. The van der Waals surface area contributed by atoms with Crippen molar-refractivity contribution in [3.8, 4) is 0 Å². The number of rotatable bonds is 9. The summed E-state index contributed by atoms with van der Waals surface area (Å²) in [6, 6.07) is 12.4. The van der Waals surface area contributed by atoms with Crippen LogP contribution in [0.25, 0.3) is 0 Å². The number of carbonyl (C=O) groups excluding carboxylic acids is 5. The Balaban J connectivity index is 1.44. The molecule has 2 aromatic rings. The minimum Gasteiger partial charge on any atom is -0.462 e. The number of hydrazine groups is 1. The van der Waals surface area contributed by atoms with E-state index in [2.05, 4.69) is 10.7 Å². The Hall–Kier alpha value is -3.92. The molecule has 1 fully saturated rings. The molecule has 1 saturated heterocycles. The first-order chi connectivity index (χ1) is 17.1. The second kappa shape index (κ2) is 12.2. The highest BCUT2D eigenvalue weighted by molar-refractivity contribution is 6.33. The monoisotopic (exact) mass is 515 g/mol. The van der Waals surface area contributed by atoms with E-state index in [1.807, 2.05) is 13.8 Å². The van der Waals surface area contributed by atoms with Crippen LogP contribution < -0.4 is 10.7 Å². The number of nitrogens with one attached hydrogen (secondary N) is 2. The van der Waals surface area contributed by atoms with Crippen molar-refractivity contribution < 1.29 is 33.4 Å². The Morgan fingerprint density at radius 1 is 1.06 bits per heavy atom. The third kappa shape index (κ3) is 7.29. The van der Waals surface area contributed by atoms with Crippen LogP contribution in [0.5, 0.6) is 0 Å². The van der Waals surface area contributed by atoms with Crippen molar-refractivity contribution >= 4 is 46.9 Å². The van der Waals surface area contributed by atoms with E-state index in [1.54, 1.807) is 18.2 Å². The first-order valence-electron chi connectivity index (χ1n) is 11.2. The fourth-order valence-electron chi connectivity index (χ4n) is 3.27. The molecule has 36 heavy (non-hydrogen) atoms. The SMILES string of the molecule is CC(C)COC(=O)c1ccc(NC(=O)COC(=O)[C@H]2CC(=O)N(NC(=O)c3ccccc3Cl)C2)cc1. The van der Waals surface area contributed by atoms with Crippen molar-refractivity contribution in [1.82, 2.24) is 10.4 Å². The van der Waals surface area contributed by atoms with Crippen LogP contribution in [0.15, 0.2) is 48.5 Å². The van der Waals surface area contributed by atoms with Crippen LogP contribution in [0.2, 0.25) is 5.02 Å². The van der Waals surface area contributed by atoms with Gasteiger partial charge in [-0.2, -0.15) is 0 Å². The predicted octanol–water partition coefficient (Wildman–Crippen LogP) is 2.83. The van der Waals surface area contributed by atoms with Crippen molar-refractivity contribution in [2.45, 2.75) is 20.3 Å². The van der Waals surface area contributed by atoms with Gasteiger partial charge in [0.2, 0.25) is 5.91 Å². The van der Waals surface area contributed by atoms with Crippen LogP contribution in [-0.2, 0) is 23.9 Å². The Kier molecular flexibility index (Phi) is 9.02. The molecule has 0 unspecified atom stereocenters. The number of halogens is 1. The van der Waals surface area contributed by atoms with Crippen LogP contribution in [0.4, 0.5) is 5.69 Å². The number of nitrogens with zero attached hydrogens (tertiary/aromatic N) is 1. The summed E-state index contributed by atoms with van der Waals surface area (Å²) in [5.74, 6) is -3.46. The van der Waals surface area contributed by atoms with Crippen molar-refractivity contribution in [1.29, 1.82) is 0 Å². The topological polar surface area (TPSA) is 131 Å². The molecule has 3 rings (SSSR count). The van der Waals surface area contributed by atoms with Crippen LogP contribution in [-0.4, -0.2) is 54.4 Å². The van der Waals surface area contributed by atoms with Gasteiger partial charge in [-0.1, -0.05) is 37.6 Å². The molecule has 1 aliphatic rings. The second-order valence-electron chi connectivity index (χ2n) is 8.55. The highest BCUT2D eigenvalue weighted by atomic mass is 35.5. The average Bonchev–Trinajstić information content (AvgIpc) is 3.21. The van der Waals surface area contributed by atoms with E-state index in [-0.39, 0.29) is 29.5 Å². The van der Waals surface area contributed by atoms with E-state index in [0.29, 0.717) is 17.9 Å². The van der Waals surface area contributed by atoms with Gasteiger partial charge in [0.1, 0.15) is 0 Å². The lowest BCUT2D eigenvalue weighted by Gasteiger charge is -2.18. The van der Waals surface area contributed by atoms with Crippen molar-refractivity contribution in [2.75, 3.05) is 25.1 Å². The third-order valence-electron chi connectivity index (χ3n) is 5.11. The average molecular weight is 516 g/mol. The lowest BCUT2D eigenvalue weighted by molar-refractivity contribution is -0.151. The Labute approximate surface area is 212 Å². The molecule has 2 N–H and O–H groups in total. The molecule has 3 amide bonds. The number of ether oxygens (including phenoxy) is 2. The minimum atomic E-state index is -0.840. The van der Waals surface area contributed by atoms with E-state index in [4.69, 9.17) is 21.1 Å². The highest BCUT2D eigenvalue weighted by Gasteiger charge is 2.37.